The van der Waals surface area contributed by atoms with E-state index in [4.69, 9.17) is 5.11 Å². The van der Waals surface area contributed by atoms with Crippen molar-refractivity contribution >= 4 is 17.3 Å². The van der Waals surface area contributed by atoms with Gasteiger partial charge in [-0.1, -0.05) is 29.8 Å². The highest BCUT2D eigenvalue weighted by Gasteiger charge is 2.15. The predicted octanol–water partition coefficient (Wildman–Crippen LogP) is 3.82. The molecule has 0 aliphatic carbocycles. The Hall–Kier alpha value is -2.47. The molecule has 0 spiro atoms. The molecule has 0 unspecified atom stereocenters. The van der Waals surface area contributed by atoms with Crippen molar-refractivity contribution in [3.63, 3.8) is 0 Å². The van der Waals surface area contributed by atoms with Gasteiger partial charge in [0.05, 0.1) is 17.6 Å². The molecule has 0 bridgehead atoms. The first-order valence-corrected chi connectivity index (χ1v) is 8.71. The van der Waals surface area contributed by atoms with Crippen LogP contribution in [0.5, 0.6) is 0 Å². The average Bonchev–Trinajstić information content (AvgIpc) is 3.14. The lowest BCUT2D eigenvalue weighted by Gasteiger charge is -2.02. The summed E-state index contributed by atoms with van der Waals surface area (Å²) in [4.78, 5) is 15.7. The number of thiazole rings is 1. The van der Waals surface area contributed by atoms with E-state index in [1.807, 2.05) is 5.38 Å². The molecule has 1 aromatic carbocycles. The molecular weight excluding hydrogens is 322 g/mol. The molecule has 3 rings (SSSR count). The molecule has 24 heavy (non-hydrogen) atoms. The summed E-state index contributed by atoms with van der Waals surface area (Å²) >= 11 is 1.49. The number of aromatic carboxylic acids is 1. The first-order chi connectivity index (χ1) is 11.5. The van der Waals surface area contributed by atoms with E-state index in [0.29, 0.717) is 10.8 Å². The number of carbonyl (C=O) groups is 1. The van der Waals surface area contributed by atoms with Crippen LogP contribution in [0.4, 0.5) is 0 Å². The number of aromatic nitrogens is 3. The van der Waals surface area contributed by atoms with Crippen molar-refractivity contribution in [2.45, 2.75) is 33.1 Å². The van der Waals surface area contributed by atoms with Gasteiger partial charge in [0.25, 0.3) is 0 Å². The Morgan fingerprint density at radius 1 is 1.29 bits per heavy atom. The topological polar surface area (TPSA) is 68.0 Å². The van der Waals surface area contributed by atoms with Crippen LogP contribution in [0.15, 0.2) is 35.8 Å². The number of nitrogens with zero attached hydrogens (tertiary/aromatic N) is 3. The fourth-order valence-electron chi connectivity index (χ4n) is 2.66. The first-order valence-electron chi connectivity index (χ1n) is 7.83. The Labute approximate surface area is 144 Å². The number of rotatable bonds is 6. The molecule has 6 heteroatoms. The standard InChI is InChI=1S/C18H19N3O2S/c1-12-5-3-6-14(9-12)7-4-8-15-11-24-18(20-15)21-13(2)16(10-19-21)17(22)23/h3,5-6,9-11H,4,7-8H2,1-2H3,(H,22,23). The average molecular weight is 341 g/mol. The number of carboxylic acid groups (broad SMARTS) is 1. The summed E-state index contributed by atoms with van der Waals surface area (Å²) in [6.07, 6.45) is 4.33. The number of hydrogen-bond acceptors (Lipinski definition) is 4. The zero-order valence-electron chi connectivity index (χ0n) is 13.7. The number of carboxylic acids is 1. The summed E-state index contributed by atoms with van der Waals surface area (Å²) < 4.78 is 1.60. The molecule has 2 heterocycles. The number of aryl methyl sites for hydroxylation is 3. The second-order valence-corrected chi connectivity index (χ2v) is 6.66. The van der Waals surface area contributed by atoms with Crippen LogP contribution in [0.25, 0.3) is 5.13 Å². The predicted molar refractivity (Wildman–Crippen MR) is 94.1 cm³/mol. The molecule has 124 valence electrons. The van der Waals surface area contributed by atoms with E-state index >= 15 is 0 Å². The highest BCUT2D eigenvalue weighted by atomic mass is 32.1. The van der Waals surface area contributed by atoms with Gasteiger partial charge in [-0.2, -0.15) is 5.10 Å². The van der Waals surface area contributed by atoms with E-state index in [2.05, 4.69) is 41.3 Å². The Balaban J connectivity index is 1.64. The van der Waals surface area contributed by atoms with Crippen molar-refractivity contribution in [3.8, 4) is 5.13 Å². The molecule has 2 aromatic heterocycles. The van der Waals surface area contributed by atoms with Crippen LogP contribution in [-0.2, 0) is 12.8 Å². The van der Waals surface area contributed by atoms with Gasteiger partial charge in [0.15, 0.2) is 0 Å². The maximum absolute atomic E-state index is 11.1. The second-order valence-electron chi connectivity index (χ2n) is 5.82. The van der Waals surface area contributed by atoms with Gasteiger partial charge >= 0.3 is 5.97 Å². The van der Waals surface area contributed by atoms with Crippen LogP contribution >= 0.6 is 11.3 Å². The van der Waals surface area contributed by atoms with Crippen molar-refractivity contribution in [2.75, 3.05) is 0 Å². The maximum Gasteiger partial charge on any atom is 0.339 e. The summed E-state index contributed by atoms with van der Waals surface area (Å²) in [6, 6.07) is 8.56. The Morgan fingerprint density at radius 2 is 2.12 bits per heavy atom. The van der Waals surface area contributed by atoms with Gasteiger partial charge in [-0.15, -0.1) is 11.3 Å². The third-order valence-electron chi connectivity index (χ3n) is 3.94. The van der Waals surface area contributed by atoms with Gasteiger partial charge in [0.2, 0.25) is 5.13 Å². The third-order valence-corrected chi connectivity index (χ3v) is 4.81. The van der Waals surface area contributed by atoms with E-state index in [1.54, 1.807) is 11.6 Å². The largest absolute Gasteiger partial charge is 0.478 e. The molecule has 0 atom stereocenters. The SMILES string of the molecule is Cc1cccc(CCCc2csc(-n3ncc(C(=O)O)c3C)n2)c1. The molecule has 1 N–H and O–H groups in total. The molecule has 0 radical (unpaired) electrons. The molecule has 0 fully saturated rings. The lowest BCUT2D eigenvalue weighted by Crippen LogP contribution is -2.02. The van der Waals surface area contributed by atoms with E-state index in [9.17, 15) is 4.79 Å². The van der Waals surface area contributed by atoms with E-state index < -0.39 is 5.97 Å². The van der Waals surface area contributed by atoms with E-state index in [0.717, 1.165) is 25.0 Å². The Morgan fingerprint density at radius 3 is 2.83 bits per heavy atom. The van der Waals surface area contributed by atoms with Gasteiger partial charge in [0, 0.05) is 5.38 Å². The van der Waals surface area contributed by atoms with Gasteiger partial charge < -0.3 is 5.11 Å². The second kappa shape index (κ2) is 6.97. The Bertz CT molecular complexity index is 867. The quantitative estimate of drug-likeness (QED) is 0.740. The summed E-state index contributed by atoms with van der Waals surface area (Å²) in [7, 11) is 0. The summed E-state index contributed by atoms with van der Waals surface area (Å²) in [5.41, 5.74) is 4.47. The zero-order valence-corrected chi connectivity index (χ0v) is 14.5. The molecule has 0 amide bonds. The smallest absolute Gasteiger partial charge is 0.339 e. The van der Waals surface area contributed by atoms with Crippen molar-refractivity contribution in [1.82, 2.24) is 14.8 Å². The highest BCUT2D eigenvalue weighted by molar-refractivity contribution is 7.12. The Kier molecular flexibility index (Phi) is 4.76. The van der Waals surface area contributed by atoms with Crippen molar-refractivity contribution < 1.29 is 9.90 Å². The van der Waals surface area contributed by atoms with E-state index in [-0.39, 0.29) is 5.56 Å². The monoisotopic (exact) mass is 341 g/mol. The van der Waals surface area contributed by atoms with Crippen LogP contribution in [0.2, 0.25) is 0 Å². The molecule has 0 saturated carbocycles. The molecule has 0 aliphatic rings. The molecule has 0 aliphatic heterocycles. The van der Waals surface area contributed by atoms with Crippen LogP contribution in [0, 0.1) is 13.8 Å². The van der Waals surface area contributed by atoms with Crippen molar-refractivity contribution in [1.29, 1.82) is 0 Å². The number of benzene rings is 1. The minimum Gasteiger partial charge on any atom is -0.478 e. The zero-order chi connectivity index (χ0) is 17.1. The lowest BCUT2D eigenvalue weighted by molar-refractivity contribution is 0.0696. The number of hydrogen-bond donors (Lipinski definition) is 1. The van der Waals surface area contributed by atoms with Gasteiger partial charge in [-0.3, -0.25) is 0 Å². The summed E-state index contributed by atoms with van der Waals surface area (Å²) in [5.74, 6) is -0.964. The van der Waals surface area contributed by atoms with E-state index in [1.165, 1.54) is 28.7 Å². The molecule has 0 saturated heterocycles. The highest BCUT2D eigenvalue weighted by Crippen LogP contribution is 2.19. The third kappa shape index (κ3) is 3.54. The van der Waals surface area contributed by atoms with Crippen molar-refractivity contribution in [3.05, 3.63) is 63.9 Å². The molecular formula is C18H19N3O2S. The minimum absolute atomic E-state index is 0.214. The summed E-state index contributed by atoms with van der Waals surface area (Å²) in [6.45, 7) is 3.85. The fraction of sp³-hybridized carbons (Fsp3) is 0.278. The van der Waals surface area contributed by atoms with Crippen LogP contribution in [0.1, 0.15) is 39.3 Å². The fourth-order valence-corrected chi connectivity index (χ4v) is 3.53. The maximum atomic E-state index is 11.1. The van der Waals surface area contributed by atoms with Crippen molar-refractivity contribution in [2.24, 2.45) is 0 Å². The van der Waals surface area contributed by atoms with Gasteiger partial charge in [-0.05, 0) is 38.7 Å². The molecule has 5 nitrogen and oxygen atoms in total. The summed E-state index contributed by atoms with van der Waals surface area (Å²) in [5, 5.41) is 16.0. The van der Waals surface area contributed by atoms with Crippen LogP contribution in [0.3, 0.4) is 0 Å². The minimum atomic E-state index is -0.964. The molecule has 3 aromatic rings. The van der Waals surface area contributed by atoms with Crippen LogP contribution < -0.4 is 0 Å². The van der Waals surface area contributed by atoms with Gasteiger partial charge in [0.1, 0.15) is 5.56 Å². The van der Waals surface area contributed by atoms with Crippen LogP contribution in [-0.4, -0.2) is 25.8 Å². The first kappa shape index (κ1) is 16.4. The lowest BCUT2D eigenvalue weighted by atomic mass is 10.1. The van der Waals surface area contributed by atoms with Gasteiger partial charge in [-0.25, -0.2) is 14.5 Å². The normalized spacial score (nSPS) is 10.9.